The van der Waals surface area contributed by atoms with Gasteiger partial charge in [0.25, 0.3) is 0 Å². The van der Waals surface area contributed by atoms with E-state index < -0.39 is 12.0 Å². The van der Waals surface area contributed by atoms with Gasteiger partial charge in [0, 0.05) is 24.9 Å². The van der Waals surface area contributed by atoms with Gasteiger partial charge in [-0.3, -0.25) is 4.79 Å². The minimum atomic E-state index is -1.05. The number of carbonyl (C=O) groups excluding carboxylic acids is 2. The number of carbonyl (C=O) groups is 3. The Kier molecular flexibility index (Phi) is 6.49. The van der Waals surface area contributed by atoms with Crippen molar-refractivity contribution in [1.82, 2.24) is 16.0 Å². The van der Waals surface area contributed by atoms with Gasteiger partial charge in [-0.25, -0.2) is 9.59 Å². The Morgan fingerprint density at radius 2 is 1.61 bits per heavy atom. The fraction of sp³-hybridized carbons (Fsp3) is 0.625. The van der Waals surface area contributed by atoms with Gasteiger partial charge in [-0.15, -0.1) is 0 Å². The number of urea groups is 1. The van der Waals surface area contributed by atoms with Crippen LogP contribution in [0, 0.1) is 17.8 Å². The van der Waals surface area contributed by atoms with Crippen LogP contribution in [0.2, 0.25) is 0 Å². The summed E-state index contributed by atoms with van der Waals surface area (Å²) in [6.07, 6.45) is 8.20. The van der Waals surface area contributed by atoms with Crippen LogP contribution >= 0.6 is 0 Å². The quantitative estimate of drug-likeness (QED) is 0.455. The zero-order chi connectivity index (χ0) is 21.8. The molecule has 0 aromatic heterocycles. The smallest absolute Gasteiger partial charge is 0.326 e. The monoisotopic (exact) mass is 427 g/mol. The molecule has 7 nitrogen and oxygen atoms in total. The van der Waals surface area contributed by atoms with E-state index in [1.165, 1.54) is 19.3 Å². The molecular formula is C24H33N3O4. The lowest BCUT2D eigenvalue weighted by atomic mass is 9.53. The summed E-state index contributed by atoms with van der Waals surface area (Å²) in [5, 5.41) is 18.1. The molecule has 1 atom stereocenters. The Morgan fingerprint density at radius 3 is 2.19 bits per heavy atom. The predicted octanol–water partition coefficient (Wildman–Crippen LogP) is 2.85. The van der Waals surface area contributed by atoms with E-state index in [0.29, 0.717) is 13.0 Å². The van der Waals surface area contributed by atoms with Crippen LogP contribution in [-0.2, 0) is 16.0 Å². The Hall–Kier alpha value is -2.57. The van der Waals surface area contributed by atoms with E-state index in [-0.39, 0.29) is 30.3 Å². The molecule has 0 spiro atoms. The number of hydrogen-bond acceptors (Lipinski definition) is 3. The second-order valence-corrected chi connectivity index (χ2v) is 9.83. The molecule has 0 radical (unpaired) electrons. The fourth-order valence-electron chi connectivity index (χ4n) is 6.32. The van der Waals surface area contributed by atoms with Crippen LogP contribution < -0.4 is 16.0 Å². The molecular weight excluding hydrogens is 394 g/mol. The minimum absolute atomic E-state index is 0.0254. The Bertz CT molecular complexity index is 775. The van der Waals surface area contributed by atoms with Gasteiger partial charge in [-0.05, 0) is 68.3 Å². The maximum absolute atomic E-state index is 12.4. The fourth-order valence-corrected chi connectivity index (χ4v) is 6.32. The number of benzene rings is 1. The number of aliphatic carboxylic acids is 1. The third-order valence-electron chi connectivity index (χ3n) is 7.20. The highest BCUT2D eigenvalue weighted by Gasteiger charge is 2.51. The SMILES string of the molecule is O=C(CCCNC(=O)NC12CC3CC(CC(C3)C1)C2)N[C@@H](Cc1ccccc1)C(=O)O. The van der Waals surface area contributed by atoms with Gasteiger partial charge in [-0.1, -0.05) is 30.3 Å². The molecule has 4 saturated carbocycles. The zero-order valence-electron chi connectivity index (χ0n) is 17.9. The first-order valence-electron chi connectivity index (χ1n) is 11.5. The molecule has 7 heteroatoms. The lowest BCUT2D eigenvalue weighted by Crippen LogP contribution is -2.61. The van der Waals surface area contributed by atoms with Crippen molar-refractivity contribution in [2.24, 2.45) is 17.8 Å². The normalized spacial score (nSPS) is 29.2. The Morgan fingerprint density at radius 1 is 1.00 bits per heavy atom. The molecule has 5 rings (SSSR count). The van der Waals surface area contributed by atoms with Crippen LogP contribution in [-0.4, -0.2) is 41.1 Å². The van der Waals surface area contributed by atoms with Crippen molar-refractivity contribution in [2.45, 2.75) is 69.4 Å². The molecule has 0 heterocycles. The average molecular weight is 428 g/mol. The highest BCUT2D eigenvalue weighted by molar-refractivity contribution is 5.83. The van der Waals surface area contributed by atoms with Crippen molar-refractivity contribution >= 4 is 17.9 Å². The molecule has 1 aromatic rings. The lowest BCUT2D eigenvalue weighted by Gasteiger charge is -2.56. The maximum atomic E-state index is 12.4. The Labute approximate surface area is 183 Å². The van der Waals surface area contributed by atoms with E-state index in [1.807, 2.05) is 30.3 Å². The van der Waals surface area contributed by atoms with E-state index in [2.05, 4.69) is 16.0 Å². The molecule has 0 saturated heterocycles. The number of amides is 3. The lowest BCUT2D eigenvalue weighted by molar-refractivity contribution is -0.141. The van der Waals surface area contributed by atoms with Gasteiger partial charge < -0.3 is 21.1 Å². The summed E-state index contributed by atoms with van der Waals surface area (Å²) in [5.41, 5.74) is 0.834. The summed E-state index contributed by atoms with van der Waals surface area (Å²) in [5.74, 6) is 0.951. The van der Waals surface area contributed by atoms with Crippen molar-refractivity contribution in [2.75, 3.05) is 6.54 Å². The summed E-state index contributed by atoms with van der Waals surface area (Å²) in [6.45, 7) is 0.391. The largest absolute Gasteiger partial charge is 0.480 e. The first kappa shape index (κ1) is 21.7. The van der Waals surface area contributed by atoms with E-state index in [4.69, 9.17) is 0 Å². The Balaban J connectivity index is 1.16. The average Bonchev–Trinajstić information content (AvgIpc) is 2.70. The molecule has 4 N–H and O–H groups in total. The number of carboxylic acid groups (broad SMARTS) is 1. The third-order valence-corrected chi connectivity index (χ3v) is 7.20. The molecule has 4 bridgehead atoms. The van der Waals surface area contributed by atoms with E-state index in [0.717, 1.165) is 42.6 Å². The molecule has 0 aliphatic heterocycles. The van der Waals surface area contributed by atoms with Crippen LogP contribution in [0.1, 0.15) is 56.9 Å². The second-order valence-electron chi connectivity index (χ2n) is 9.83. The standard InChI is InChI=1S/C24H33N3O4/c28-21(26-20(22(29)30)12-16-5-2-1-3-6-16)7-4-8-25-23(31)27-24-13-17-9-18(14-24)11-19(10-17)15-24/h1-3,5-6,17-20H,4,7-15H2,(H,26,28)(H,29,30)(H2,25,27,31)/t17?,18?,19?,20-,24?/m0/s1. The van der Waals surface area contributed by atoms with Gasteiger partial charge in [0.1, 0.15) is 6.04 Å². The molecule has 168 valence electrons. The first-order valence-corrected chi connectivity index (χ1v) is 11.5. The van der Waals surface area contributed by atoms with Crippen LogP contribution in [0.4, 0.5) is 4.79 Å². The van der Waals surface area contributed by atoms with E-state index in [1.54, 1.807) is 0 Å². The van der Waals surface area contributed by atoms with Crippen molar-refractivity contribution in [1.29, 1.82) is 0 Å². The van der Waals surface area contributed by atoms with Crippen molar-refractivity contribution in [3.63, 3.8) is 0 Å². The summed E-state index contributed by atoms with van der Waals surface area (Å²) in [6, 6.07) is 8.14. The second kappa shape index (κ2) is 9.28. The molecule has 3 amide bonds. The minimum Gasteiger partial charge on any atom is -0.480 e. The molecule has 31 heavy (non-hydrogen) atoms. The van der Waals surface area contributed by atoms with Crippen LogP contribution in [0.5, 0.6) is 0 Å². The highest BCUT2D eigenvalue weighted by atomic mass is 16.4. The molecule has 4 aliphatic carbocycles. The van der Waals surface area contributed by atoms with Crippen LogP contribution in [0.3, 0.4) is 0 Å². The maximum Gasteiger partial charge on any atom is 0.326 e. The van der Waals surface area contributed by atoms with Crippen molar-refractivity contribution in [3.05, 3.63) is 35.9 Å². The molecule has 0 unspecified atom stereocenters. The summed E-state index contributed by atoms with van der Waals surface area (Å²) in [7, 11) is 0. The van der Waals surface area contributed by atoms with Gasteiger partial charge in [0.15, 0.2) is 0 Å². The van der Waals surface area contributed by atoms with Crippen LogP contribution in [0.25, 0.3) is 0 Å². The summed E-state index contributed by atoms with van der Waals surface area (Å²) >= 11 is 0. The van der Waals surface area contributed by atoms with E-state index >= 15 is 0 Å². The summed E-state index contributed by atoms with van der Waals surface area (Å²) < 4.78 is 0. The van der Waals surface area contributed by atoms with Crippen molar-refractivity contribution < 1.29 is 19.5 Å². The van der Waals surface area contributed by atoms with Crippen LogP contribution in [0.15, 0.2) is 30.3 Å². The highest BCUT2D eigenvalue weighted by Crippen LogP contribution is 2.55. The van der Waals surface area contributed by atoms with Gasteiger partial charge in [-0.2, -0.15) is 0 Å². The number of carboxylic acids is 1. The molecule has 4 aliphatic rings. The van der Waals surface area contributed by atoms with Gasteiger partial charge in [0.05, 0.1) is 0 Å². The van der Waals surface area contributed by atoms with E-state index in [9.17, 15) is 19.5 Å². The topological polar surface area (TPSA) is 108 Å². The predicted molar refractivity (Wildman–Crippen MR) is 116 cm³/mol. The number of nitrogens with one attached hydrogen (secondary N) is 3. The zero-order valence-corrected chi connectivity index (χ0v) is 17.9. The summed E-state index contributed by atoms with van der Waals surface area (Å²) in [4.78, 5) is 36.1. The van der Waals surface area contributed by atoms with Gasteiger partial charge in [0.2, 0.25) is 5.91 Å². The molecule has 1 aromatic carbocycles. The van der Waals surface area contributed by atoms with Gasteiger partial charge >= 0.3 is 12.0 Å². The number of hydrogen-bond donors (Lipinski definition) is 4. The van der Waals surface area contributed by atoms with Crippen molar-refractivity contribution in [3.8, 4) is 0 Å². The molecule has 4 fully saturated rings. The number of rotatable bonds is 9. The third kappa shape index (κ3) is 5.57. The first-order chi connectivity index (χ1) is 14.9.